The first kappa shape index (κ1) is 19.4. The van der Waals surface area contributed by atoms with Crippen LogP contribution in [0.2, 0.25) is 0 Å². The molecule has 6 heteroatoms. The van der Waals surface area contributed by atoms with Gasteiger partial charge in [-0.15, -0.1) is 0 Å². The van der Waals surface area contributed by atoms with Gasteiger partial charge in [-0.05, 0) is 50.7 Å². The van der Waals surface area contributed by atoms with Gasteiger partial charge in [0, 0.05) is 51.1 Å². The summed E-state index contributed by atoms with van der Waals surface area (Å²) in [5, 5.41) is 3.13. The molecule has 2 aromatic rings. The smallest absolute Gasteiger partial charge is 0.221 e. The van der Waals surface area contributed by atoms with Crippen LogP contribution in [0.5, 0.6) is 0 Å². The Morgan fingerprint density at radius 1 is 1.21 bits per heavy atom. The van der Waals surface area contributed by atoms with Gasteiger partial charge in [-0.2, -0.15) is 0 Å². The van der Waals surface area contributed by atoms with Gasteiger partial charge in [0.15, 0.2) is 0 Å². The number of fused-ring (bicyclic) bond motifs is 1. The second kappa shape index (κ2) is 8.62. The van der Waals surface area contributed by atoms with Crippen molar-refractivity contribution < 1.29 is 4.79 Å². The van der Waals surface area contributed by atoms with Gasteiger partial charge in [0.25, 0.3) is 0 Å². The number of likely N-dealkylation sites (tertiary alicyclic amines) is 1. The van der Waals surface area contributed by atoms with E-state index in [0.717, 1.165) is 49.6 Å². The molecule has 1 saturated carbocycles. The van der Waals surface area contributed by atoms with Gasteiger partial charge in [0.05, 0.1) is 11.0 Å². The quantitative estimate of drug-likeness (QED) is 0.697. The Balaban J connectivity index is 1.30. The largest absolute Gasteiger partial charge is 0.356 e. The number of nitrogens with zero attached hydrogens (tertiary/aromatic N) is 3. The van der Waals surface area contributed by atoms with Crippen LogP contribution in [0.4, 0.5) is 0 Å². The highest BCUT2D eigenvalue weighted by atomic mass is 16.1. The van der Waals surface area contributed by atoms with Crippen LogP contribution in [0.15, 0.2) is 24.3 Å². The number of nitrogens with two attached hydrogens (primary N) is 1. The Morgan fingerprint density at radius 3 is 2.75 bits per heavy atom. The number of hydrogen-bond acceptors (Lipinski definition) is 4. The minimum absolute atomic E-state index is 0.155. The Hall–Kier alpha value is -1.92. The summed E-state index contributed by atoms with van der Waals surface area (Å²) in [6.45, 7) is 5.50. The fourth-order valence-electron chi connectivity index (χ4n) is 4.65. The monoisotopic (exact) mass is 383 g/mol. The highest BCUT2D eigenvalue weighted by Gasteiger charge is 2.37. The average molecular weight is 384 g/mol. The molecule has 0 unspecified atom stereocenters. The Bertz CT molecular complexity index is 812. The fourth-order valence-corrected chi connectivity index (χ4v) is 4.65. The standard InChI is InChI=1S/C22H33N5O/c1-2-26-20-6-4-3-5-19(20)25-21(26)11-12-24-22(28)13-17-9-10-18(14-23)27(17)15-16-7-8-16/h3-6,16-18H,2,7-15,23H2,1H3,(H,24,28)/t17-,18+/m0/s1. The van der Waals surface area contributed by atoms with Gasteiger partial charge in [0.2, 0.25) is 5.91 Å². The third-order valence-electron chi connectivity index (χ3n) is 6.35. The zero-order valence-electron chi connectivity index (χ0n) is 16.9. The summed E-state index contributed by atoms with van der Waals surface area (Å²) in [7, 11) is 0. The van der Waals surface area contributed by atoms with E-state index in [0.29, 0.717) is 31.6 Å². The molecule has 3 N–H and O–H groups in total. The first-order valence-electron chi connectivity index (χ1n) is 10.9. The summed E-state index contributed by atoms with van der Waals surface area (Å²) in [4.78, 5) is 19.8. The molecular formula is C22H33N5O. The van der Waals surface area contributed by atoms with E-state index in [4.69, 9.17) is 10.7 Å². The molecule has 28 heavy (non-hydrogen) atoms. The Kier molecular flexibility index (Phi) is 5.97. The summed E-state index contributed by atoms with van der Waals surface area (Å²) in [6.07, 6.45) is 6.25. The summed E-state index contributed by atoms with van der Waals surface area (Å²) in [5.41, 5.74) is 8.16. The predicted octanol–water partition coefficient (Wildman–Crippen LogP) is 2.31. The first-order chi connectivity index (χ1) is 13.7. The van der Waals surface area contributed by atoms with Gasteiger partial charge in [-0.1, -0.05) is 12.1 Å². The number of amides is 1. The van der Waals surface area contributed by atoms with Crippen LogP contribution in [0.25, 0.3) is 11.0 Å². The van der Waals surface area contributed by atoms with Crippen molar-refractivity contribution in [3.05, 3.63) is 30.1 Å². The fraction of sp³-hybridized carbons (Fsp3) is 0.636. The van der Waals surface area contributed by atoms with Crippen LogP contribution in [-0.4, -0.2) is 52.1 Å². The summed E-state index contributed by atoms with van der Waals surface area (Å²) in [6, 6.07) is 9.04. The third kappa shape index (κ3) is 4.23. The van der Waals surface area contributed by atoms with Crippen molar-refractivity contribution in [2.45, 2.75) is 64.1 Å². The first-order valence-corrected chi connectivity index (χ1v) is 10.9. The molecule has 1 aliphatic heterocycles. The zero-order chi connectivity index (χ0) is 19.5. The van der Waals surface area contributed by atoms with E-state index in [-0.39, 0.29) is 5.91 Å². The number of para-hydroxylation sites is 2. The summed E-state index contributed by atoms with van der Waals surface area (Å²) in [5.74, 6) is 2.03. The lowest BCUT2D eigenvalue weighted by Crippen LogP contribution is -2.43. The van der Waals surface area contributed by atoms with Crippen LogP contribution < -0.4 is 11.1 Å². The maximum atomic E-state index is 12.6. The van der Waals surface area contributed by atoms with Gasteiger partial charge in [0.1, 0.15) is 5.82 Å². The molecule has 1 amide bonds. The van der Waals surface area contributed by atoms with E-state index in [2.05, 4.69) is 27.8 Å². The maximum absolute atomic E-state index is 12.6. The summed E-state index contributed by atoms with van der Waals surface area (Å²) >= 11 is 0. The van der Waals surface area contributed by atoms with E-state index >= 15 is 0 Å². The lowest BCUT2D eigenvalue weighted by molar-refractivity contribution is -0.122. The van der Waals surface area contributed by atoms with E-state index in [1.165, 1.54) is 18.4 Å². The molecule has 1 aliphatic carbocycles. The van der Waals surface area contributed by atoms with Crippen molar-refractivity contribution in [2.24, 2.45) is 11.7 Å². The number of aryl methyl sites for hydroxylation is 1. The number of nitrogens with one attached hydrogen (secondary N) is 1. The number of carbonyl (C=O) groups excluding carboxylic acids is 1. The normalized spacial score (nSPS) is 22.8. The molecule has 152 valence electrons. The topological polar surface area (TPSA) is 76.2 Å². The average Bonchev–Trinajstić information content (AvgIpc) is 3.34. The number of rotatable bonds is 9. The molecule has 0 bridgehead atoms. The highest BCUT2D eigenvalue weighted by Crippen LogP contribution is 2.35. The molecule has 2 heterocycles. The van der Waals surface area contributed by atoms with Crippen LogP contribution in [-0.2, 0) is 17.8 Å². The number of carbonyl (C=O) groups is 1. The molecule has 2 aliphatic rings. The minimum Gasteiger partial charge on any atom is -0.356 e. The predicted molar refractivity (Wildman–Crippen MR) is 112 cm³/mol. The lowest BCUT2D eigenvalue weighted by atomic mass is 10.1. The van der Waals surface area contributed by atoms with E-state index in [1.54, 1.807) is 0 Å². The van der Waals surface area contributed by atoms with Crippen molar-refractivity contribution in [2.75, 3.05) is 19.6 Å². The highest BCUT2D eigenvalue weighted by molar-refractivity contribution is 5.77. The summed E-state index contributed by atoms with van der Waals surface area (Å²) < 4.78 is 2.24. The number of aromatic nitrogens is 2. The van der Waals surface area contributed by atoms with Crippen molar-refractivity contribution in [3.63, 3.8) is 0 Å². The SMILES string of the molecule is CCn1c(CCNC(=O)C[C@@H]2CC[C@H](CN)N2CC2CC2)nc2ccccc21. The van der Waals surface area contributed by atoms with E-state index in [1.807, 2.05) is 18.2 Å². The molecule has 0 radical (unpaired) electrons. The number of hydrogen-bond donors (Lipinski definition) is 2. The van der Waals surface area contributed by atoms with E-state index in [9.17, 15) is 4.79 Å². The molecule has 2 fully saturated rings. The van der Waals surface area contributed by atoms with Crippen LogP contribution in [0, 0.1) is 5.92 Å². The van der Waals surface area contributed by atoms with Crippen LogP contribution >= 0.6 is 0 Å². The van der Waals surface area contributed by atoms with Crippen LogP contribution in [0.1, 0.15) is 44.9 Å². The molecule has 1 aromatic heterocycles. The Morgan fingerprint density at radius 2 is 2.00 bits per heavy atom. The number of benzene rings is 1. The van der Waals surface area contributed by atoms with Crippen molar-refractivity contribution in [3.8, 4) is 0 Å². The van der Waals surface area contributed by atoms with E-state index < -0.39 is 0 Å². The molecule has 4 rings (SSSR count). The Labute approximate surface area is 167 Å². The molecule has 1 saturated heterocycles. The molecule has 0 spiro atoms. The third-order valence-corrected chi connectivity index (χ3v) is 6.35. The van der Waals surface area contributed by atoms with Gasteiger partial charge >= 0.3 is 0 Å². The zero-order valence-corrected chi connectivity index (χ0v) is 16.9. The van der Waals surface area contributed by atoms with Crippen molar-refractivity contribution >= 4 is 16.9 Å². The molecular weight excluding hydrogens is 350 g/mol. The van der Waals surface area contributed by atoms with Crippen molar-refractivity contribution in [1.29, 1.82) is 0 Å². The molecule has 6 nitrogen and oxygen atoms in total. The minimum atomic E-state index is 0.155. The van der Waals surface area contributed by atoms with Gasteiger partial charge in [-0.25, -0.2) is 4.98 Å². The van der Waals surface area contributed by atoms with Crippen LogP contribution in [0.3, 0.4) is 0 Å². The lowest BCUT2D eigenvalue weighted by Gasteiger charge is -2.29. The van der Waals surface area contributed by atoms with Crippen molar-refractivity contribution in [1.82, 2.24) is 19.8 Å². The number of imidazole rings is 1. The van der Waals surface area contributed by atoms with Gasteiger partial charge in [-0.3, -0.25) is 9.69 Å². The second-order valence-corrected chi connectivity index (χ2v) is 8.33. The van der Waals surface area contributed by atoms with Gasteiger partial charge < -0.3 is 15.6 Å². The molecule has 2 atom stereocenters. The maximum Gasteiger partial charge on any atom is 0.221 e. The second-order valence-electron chi connectivity index (χ2n) is 8.33. The molecule has 1 aromatic carbocycles.